The van der Waals surface area contributed by atoms with E-state index in [9.17, 15) is 14.4 Å². The summed E-state index contributed by atoms with van der Waals surface area (Å²) in [5.74, 6) is -1.27. The molecule has 3 aromatic carbocycles. The number of esters is 2. The number of nitrogens with two attached hydrogens (primary N) is 1. The largest absolute Gasteiger partial charge is 0.467 e. The van der Waals surface area contributed by atoms with E-state index in [1.165, 1.54) is 7.11 Å². The van der Waals surface area contributed by atoms with Crippen molar-refractivity contribution in [3.05, 3.63) is 120 Å². The molecule has 8 nitrogen and oxygen atoms in total. The van der Waals surface area contributed by atoms with E-state index in [0.29, 0.717) is 11.4 Å². The fraction of sp³-hybridized carbons (Fsp3) is 0.324. The second kappa shape index (κ2) is 15.4. The maximum Gasteiger partial charge on any atom is 0.328 e. The van der Waals surface area contributed by atoms with Crippen LogP contribution in [0, 0.1) is 0 Å². The van der Waals surface area contributed by atoms with Gasteiger partial charge in [0, 0.05) is 11.4 Å². The van der Waals surface area contributed by atoms with Gasteiger partial charge in [-0.1, -0.05) is 97.6 Å². The van der Waals surface area contributed by atoms with Gasteiger partial charge in [-0.3, -0.25) is 9.59 Å². The van der Waals surface area contributed by atoms with Crippen LogP contribution >= 0.6 is 11.8 Å². The quantitative estimate of drug-likeness (QED) is 0.182. The molecular formula is C34H41N3O5S. The van der Waals surface area contributed by atoms with Gasteiger partial charge in [-0.15, -0.1) is 11.8 Å². The SMILES string of the molecule is C=C(N[C@@H](CC(=O)OC(C)(C)C)C(=O)OC)[C@H](CSC(c1ccccc1)(c1ccccc1)c1ccccc1)NC(=O)CN. The van der Waals surface area contributed by atoms with Crippen LogP contribution in [0.3, 0.4) is 0 Å². The van der Waals surface area contributed by atoms with Crippen molar-refractivity contribution >= 4 is 29.6 Å². The zero-order valence-electron chi connectivity index (χ0n) is 25.2. The number of benzene rings is 3. The highest BCUT2D eigenvalue weighted by atomic mass is 32.2. The minimum Gasteiger partial charge on any atom is -0.467 e. The summed E-state index contributed by atoms with van der Waals surface area (Å²) in [5.41, 5.74) is 8.43. The number of amides is 1. The smallest absolute Gasteiger partial charge is 0.328 e. The van der Waals surface area contributed by atoms with E-state index in [1.807, 2.05) is 54.6 Å². The first-order chi connectivity index (χ1) is 20.5. The Morgan fingerprint density at radius 2 is 1.28 bits per heavy atom. The Balaban J connectivity index is 2.00. The van der Waals surface area contributed by atoms with Crippen molar-refractivity contribution in [3.63, 3.8) is 0 Å². The van der Waals surface area contributed by atoms with Crippen LogP contribution in [0.1, 0.15) is 43.9 Å². The van der Waals surface area contributed by atoms with Crippen LogP contribution in [0.5, 0.6) is 0 Å². The summed E-state index contributed by atoms with van der Waals surface area (Å²) in [6.07, 6.45) is -0.282. The van der Waals surface area contributed by atoms with Gasteiger partial charge in [0.1, 0.15) is 11.6 Å². The number of carbonyl (C=O) groups is 3. The van der Waals surface area contributed by atoms with E-state index in [4.69, 9.17) is 15.2 Å². The van der Waals surface area contributed by atoms with Crippen LogP contribution in [-0.4, -0.2) is 54.9 Å². The van der Waals surface area contributed by atoms with E-state index in [1.54, 1.807) is 32.5 Å². The van der Waals surface area contributed by atoms with Crippen molar-refractivity contribution in [2.75, 3.05) is 19.4 Å². The zero-order valence-corrected chi connectivity index (χ0v) is 26.0. The minimum atomic E-state index is -1.07. The fourth-order valence-electron chi connectivity index (χ4n) is 4.67. The molecule has 9 heteroatoms. The molecule has 0 saturated carbocycles. The maximum absolute atomic E-state index is 12.7. The predicted molar refractivity (Wildman–Crippen MR) is 171 cm³/mol. The highest BCUT2D eigenvalue weighted by Gasteiger charge is 2.38. The summed E-state index contributed by atoms with van der Waals surface area (Å²) in [7, 11) is 1.24. The summed E-state index contributed by atoms with van der Waals surface area (Å²) < 4.78 is 9.71. The van der Waals surface area contributed by atoms with Crippen LogP contribution in [0.2, 0.25) is 0 Å². The third-order valence-corrected chi connectivity index (χ3v) is 8.22. The van der Waals surface area contributed by atoms with Gasteiger partial charge in [-0.25, -0.2) is 4.79 Å². The molecule has 0 bridgehead atoms. The van der Waals surface area contributed by atoms with E-state index in [-0.39, 0.29) is 18.9 Å². The summed E-state index contributed by atoms with van der Waals surface area (Å²) >= 11 is 1.62. The first kappa shape index (κ1) is 33.4. The standard InChI is InChI=1S/C34H41N3O5S/c1-24(36-28(32(40)41-5)21-31(39)42-33(2,3)4)29(37-30(38)22-35)23-43-34(25-15-9-6-10-16-25,26-17-11-7-12-18-26)27-19-13-8-14-20-27/h6-20,28-29,36H,1,21-23,35H2,2-5H3,(H,37,38)/t28-,29-/m0/s1. The average Bonchev–Trinajstić information content (AvgIpc) is 3.00. The molecule has 228 valence electrons. The molecule has 3 aromatic rings. The van der Waals surface area contributed by atoms with Crippen LogP contribution in [-0.2, 0) is 28.6 Å². The Labute approximate surface area is 258 Å². The molecule has 0 fully saturated rings. The van der Waals surface area contributed by atoms with Crippen molar-refractivity contribution < 1.29 is 23.9 Å². The highest BCUT2D eigenvalue weighted by Crippen LogP contribution is 2.48. The van der Waals surface area contributed by atoms with Crippen molar-refractivity contribution in [1.82, 2.24) is 10.6 Å². The molecule has 0 aliphatic rings. The number of rotatable bonds is 14. The summed E-state index contributed by atoms with van der Waals surface area (Å²) in [6, 6.07) is 28.7. The number of thioether (sulfide) groups is 1. The number of methoxy groups -OCH3 is 1. The Bertz CT molecular complexity index is 1260. The molecule has 2 atom stereocenters. The van der Waals surface area contributed by atoms with Crippen LogP contribution < -0.4 is 16.4 Å². The lowest BCUT2D eigenvalue weighted by molar-refractivity contribution is -0.158. The molecule has 0 radical (unpaired) electrons. The molecule has 43 heavy (non-hydrogen) atoms. The number of ether oxygens (including phenoxy) is 2. The van der Waals surface area contributed by atoms with Crippen molar-refractivity contribution in [3.8, 4) is 0 Å². The Morgan fingerprint density at radius 1 is 0.814 bits per heavy atom. The summed E-state index contributed by atoms with van der Waals surface area (Å²) in [5, 5.41) is 5.96. The second-order valence-corrected chi connectivity index (χ2v) is 12.2. The van der Waals surface area contributed by atoms with Crippen molar-refractivity contribution in [2.45, 2.75) is 49.6 Å². The lowest BCUT2D eigenvalue weighted by atomic mass is 9.84. The van der Waals surface area contributed by atoms with Crippen LogP contribution in [0.15, 0.2) is 103 Å². The summed E-state index contributed by atoms with van der Waals surface area (Å²) in [4.78, 5) is 37.9. The molecule has 0 spiro atoms. The van der Waals surface area contributed by atoms with Gasteiger partial charge >= 0.3 is 11.9 Å². The van der Waals surface area contributed by atoms with Gasteiger partial charge in [0.2, 0.25) is 5.91 Å². The van der Waals surface area contributed by atoms with E-state index >= 15 is 0 Å². The number of carbonyl (C=O) groups excluding carboxylic acids is 3. The molecule has 0 aliphatic carbocycles. The molecule has 3 rings (SSSR count). The minimum absolute atomic E-state index is 0.228. The summed E-state index contributed by atoms with van der Waals surface area (Å²) in [6.45, 7) is 9.18. The number of hydrogen-bond donors (Lipinski definition) is 3. The third kappa shape index (κ3) is 9.20. The normalized spacial score (nSPS) is 12.9. The first-order valence-corrected chi connectivity index (χ1v) is 15.0. The highest BCUT2D eigenvalue weighted by molar-refractivity contribution is 8.00. The Hall–Kier alpha value is -4.08. The van der Waals surface area contributed by atoms with E-state index in [2.05, 4.69) is 53.6 Å². The molecule has 4 N–H and O–H groups in total. The number of hydrogen-bond acceptors (Lipinski definition) is 8. The lowest BCUT2D eigenvalue weighted by Crippen LogP contribution is -2.49. The van der Waals surface area contributed by atoms with Gasteiger partial charge in [0.15, 0.2) is 0 Å². The van der Waals surface area contributed by atoms with Gasteiger partial charge in [-0.05, 0) is 37.5 Å². The molecule has 1 amide bonds. The monoisotopic (exact) mass is 603 g/mol. The van der Waals surface area contributed by atoms with Crippen LogP contribution in [0.4, 0.5) is 0 Å². The fourth-order valence-corrected chi connectivity index (χ4v) is 6.28. The third-order valence-electron chi connectivity index (χ3n) is 6.58. The van der Waals surface area contributed by atoms with E-state index in [0.717, 1.165) is 16.7 Å². The van der Waals surface area contributed by atoms with Gasteiger partial charge < -0.3 is 25.8 Å². The van der Waals surface area contributed by atoms with E-state index < -0.39 is 34.4 Å². The van der Waals surface area contributed by atoms with Crippen molar-refractivity contribution in [1.29, 1.82) is 0 Å². The molecule has 0 heterocycles. The molecule has 0 unspecified atom stereocenters. The molecule has 0 aliphatic heterocycles. The lowest BCUT2D eigenvalue weighted by Gasteiger charge is -2.37. The second-order valence-electron chi connectivity index (χ2n) is 11.0. The van der Waals surface area contributed by atoms with Gasteiger partial charge in [0.05, 0.1) is 30.9 Å². The Morgan fingerprint density at radius 3 is 1.67 bits per heavy atom. The van der Waals surface area contributed by atoms with Gasteiger partial charge in [0.25, 0.3) is 0 Å². The van der Waals surface area contributed by atoms with Crippen molar-refractivity contribution in [2.24, 2.45) is 5.73 Å². The topological polar surface area (TPSA) is 120 Å². The van der Waals surface area contributed by atoms with Crippen LogP contribution in [0.25, 0.3) is 0 Å². The van der Waals surface area contributed by atoms with Gasteiger partial charge in [-0.2, -0.15) is 0 Å². The zero-order chi connectivity index (χ0) is 31.5. The maximum atomic E-state index is 12.7. The molecular weight excluding hydrogens is 562 g/mol. The first-order valence-electron chi connectivity index (χ1n) is 14.0. The average molecular weight is 604 g/mol. The number of nitrogens with one attached hydrogen (secondary N) is 2. The Kier molecular flexibility index (Phi) is 12.0. The molecule has 0 saturated heterocycles. The predicted octanol–water partition coefficient (Wildman–Crippen LogP) is 4.53. The molecule has 0 aromatic heterocycles.